The first-order chi connectivity index (χ1) is 8.31. The van der Waals surface area contributed by atoms with Crippen LogP contribution in [0.15, 0.2) is 29.3 Å². The van der Waals surface area contributed by atoms with Crippen molar-refractivity contribution in [3.63, 3.8) is 0 Å². The lowest BCUT2D eigenvalue weighted by Gasteiger charge is -2.21. The van der Waals surface area contributed by atoms with Gasteiger partial charge in [-0.3, -0.25) is 9.89 Å². The molecule has 0 aromatic heterocycles. The van der Waals surface area contributed by atoms with E-state index in [1.165, 1.54) is 19.4 Å². The van der Waals surface area contributed by atoms with E-state index in [9.17, 15) is 0 Å². The van der Waals surface area contributed by atoms with Crippen molar-refractivity contribution in [1.29, 1.82) is 0 Å². The number of nitrogens with zero attached hydrogens (tertiary/aromatic N) is 2. The Balaban J connectivity index is 1.83. The van der Waals surface area contributed by atoms with E-state index in [0.717, 1.165) is 30.5 Å². The summed E-state index contributed by atoms with van der Waals surface area (Å²) >= 11 is 0. The monoisotopic (exact) mass is 231 g/mol. The molecule has 1 atom stereocenters. The molecule has 0 aliphatic carbocycles. The third-order valence-electron chi connectivity index (χ3n) is 3.48. The molecule has 1 aromatic carbocycles. The molecule has 0 saturated carbocycles. The summed E-state index contributed by atoms with van der Waals surface area (Å²) < 4.78 is 0. The van der Waals surface area contributed by atoms with Crippen LogP contribution in [0.25, 0.3) is 0 Å². The van der Waals surface area contributed by atoms with Gasteiger partial charge in [0.05, 0.1) is 11.4 Å². The summed E-state index contributed by atoms with van der Waals surface area (Å²) in [5.74, 6) is 0. The van der Waals surface area contributed by atoms with Gasteiger partial charge in [-0.2, -0.15) is 0 Å². The highest BCUT2D eigenvalue weighted by molar-refractivity contribution is 5.67. The summed E-state index contributed by atoms with van der Waals surface area (Å²) in [7, 11) is 0. The lowest BCUT2D eigenvalue weighted by atomic mass is 10.2. The predicted octanol–water partition coefficient (Wildman–Crippen LogP) is 2.91. The fourth-order valence-electron chi connectivity index (χ4n) is 2.42. The van der Waals surface area contributed by atoms with Gasteiger partial charge < -0.3 is 5.32 Å². The molecule has 1 aliphatic rings. The number of rotatable bonds is 5. The standard InChI is InChI=1S/C14H21N3/c1-12-6-5-10-17(12)11-9-16-14-8-4-3-7-13(14)15-2/h3-4,7-8,12,16H,2,5-6,9-11H2,1H3. The van der Waals surface area contributed by atoms with E-state index in [4.69, 9.17) is 0 Å². The van der Waals surface area contributed by atoms with Crippen LogP contribution < -0.4 is 5.32 Å². The van der Waals surface area contributed by atoms with Crippen molar-refractivity contribution in [2.75, 3.05) is 25.0 Å². The number of hydrogen-bond acceptors (Lipinski definition) is 3. The Bertz CT molecular complexity index is 375. The quantitative estimate of drug-likeness (QED) is 0.789. The molecule has 1 heterocycles. The summed E-state index contributed by atoms with van der Waals surface area (Å²) in [6.07, 6.45) is 2.68. The highest BCUT2D eigenvalue weighted by Crippen LogP contribution is 2.23. The van der Waals surface area contributed by atoms with Gasteiger partial charge in [0.15, 0.2) is 0 Å². The van der Waals surface area contributed by atoms with Crippen LogP contribution in [0.3, 0.4) is 0 Å². The first kappa shape index (κ1) is 12.1. The maximum absolute atomic E-state index is 4.01. The van der Waals surface area contributed by atoms with Gasteiger partial charge in [-0.25, -0.2) is 0 Å². The molecule has 1 saturated heterocycles. The topological polar surface area (TPSA) is 27.6 Å². The molecule has 0 radical (unpaired) electrons. The maximum atomic E-state index is 4.01. The predicted molar refractivity (Wildman–Crippen MR) is 74.4 cm³/mol. The number of hydrogen-bond donors (Lipinski definition) is 1. The van der Waals surface area contributed by atoms with Gasteiger partial charge in [-0.15, -0.1) is 0 Å². The number of para-hydroxylation sites is 2. The third-order valence-corrected chi connectivity index (χ3v) is 3.48. The van der Waals surface area contributed by atoms with E-state index in [2.05, 4.69) is 34.9 Å². The summed E-state index contributed by atoms with van der Waals surface area (Å²) in [6, 6.07) is 8.78. The van der Waals surface area contributed by atoms with Crippen molar-refractivity contribution in [2.45, 2.75) is 25.8 Å². The Hall–Kier alpha value is -1.35. The first-order valence-electron chi connectivity index (χ1n) is 6.35. The first-order valence-corrected chi connectivity index (χ1v) is 6.35. The second-order valence-corrected chi connectivity index (χ2v) is 4.63. The minimum atomic E-state index is 0.740. The fraction of sp³-hybridized carbons (Fsp3) is 0.500. The molecule has 1 N–H and O–H groups in total. The number of nitrogens with one attached hydrogen (secondary N) is 1. The van der Waals surface area contributed by atoms with E-state index in [0.29, 0.717) is 0 Å². The van der Waals surface area contributed by atoms with Crippen LogP contribution in [0.5, 0.6) is 0 Å². The highest BCUT2D eigenvalue weighted by atomic mass is 15.2. The summed E-state index contributed by atoms with van der Waals surface area (Å²) in [5.41, 5.74) is 2.01. The van der Waals surface area contributed by atoms with Crippen LogP contribution >= 0.6 is 0 Å². The summed E-state index contributed by atoms with van der Waals surface area (Å²) in [6.45, 7) is 9.21. The normalized spacial score (nSPS) is 20.4. The second-order valence-electron chi connectivity index (χ2n) is 4.63. The molecule has 2 rings (SSSR count). The Kier molecular flexibility index (Phi) is 4.15. The fourth-order valence-corrected chi connectivity index (χ4v) is 2.42. The second kappa shape index (κ2) is 5.82. The van der Waals surface area contributed by atoms with Crippen molar-refractivity contribution < 1.29 is 0 Å². The molecule has 3 heteroatoms. The molecule has 0 bridgehead atoms. The minimum Gasteiger partial charge on any atom is -0.382 e. The Morgan fingerprint density at radius 1 is 1.47 bits per heavy atom. The molecule has 0 amide bonds. The Morgan fingerprint density at radius 3 is 3.00 bits per heavy atom. The largest absolute Gasteiger partial charge is 0.382 e. The van der Waals surface area contributed by atoms with Crippen molar-refractivity contribution >= 4 is 18.1 Å². The van der Waals surface area contributed by atoms with E-state index >= 15 is 0 Å². The van der Waals surface area contributed by atoms with Crippen LogP contribution in [0.1, 0.15) is 19.8 Å². The van der Waals surface area contributed by atoms with Gasteiger partial charge in [-0.1, -0.05) is 12.1 Å². The zero-order chi connectivity index (χ0) is 12.1. The Labute approximate surface area is 104 Å². The molecule has 3 nitrogen and oxygen atoms in total. The molecule has 0 spiro atoms. The van der Waals surface area contributed by atoms with E-state index in [1.54, 1.807) is 0 Å². The zero-order valence-corrected chi connectivity index (χ0v) is 10.5. The Morgan fingerprint density at radius 2 is 2.29 bits per heavy atom. The zero-order valence-electron chi connectivity index (χ0n) is 10.5. The van der Waals surface area contributed by atoms with Crippen LogP contribution in [-0.2, 0) is 0 Å². The van der Waals surface area contributed by atoms with Crippen LogP contribution in [-0.4, -0.2) is 37.3 Å². The summed E-state index contributed by atoms with van der Waals surface area (Å²) in [5, 5.41) is 3.44. The lowest BCUT2D eigenvalue weighted by Crippen LogP contribution is -2.31. The molecule has 17 heavy (non-hydrogen) atoms. The number of benzene rings is 1. The molecule has 1 aliphatic heterocycles. The SMILES string of the molecule is C=Nc1ccccc1NCCN1CCCC1C. The van der Waals surface area contributed by atoms with Crippen LogP contribution in [0, 0.1) is 0 Å². The summed E-state index contributed by atoms with van der Waals surface area (Å²) in [4.78, 5) is 6.55. The minimum absolute atomic E-state index is 0.740. The average molecular weight is 231 g/mol. The van der Waals surface area contributed by atoms with Crippen molar-refractivity contribution in [2.24, 2.45) is 4.99 Å². The van der Waals surface area contributed by atoms with Crippen LogP contribution in [0.2, 0.25) is 0 Å². The molecule has 1 unspecified atom stereocenters. The third kappa shape index (κ3) is 3.07. The smallest absolute Gasteiger partial charge is 0.0853 e. The molecule has 92 valence electrons. The number of anilines is 1. The number of aliphatic imine (C=N–C) groups is 1. The van der Waals surface area contributed by atoms with Gasteiger partial charge in [-0.05, 0) is 45.2 Å². The molecular formula is C14H21N3. The van der Waals surface area contributed by atoms with Gasteiger partial charge >= 0.3 is 0 Å². The lowest BCUT2D eigenvalue weighted by molar-refractivity contribution is 0.279. The van der Waals surface area contributed by atoms with Crippen LogP contribution in [0.4, 0.5) is 11.4 Å². The molecular weight excluding hydrogens is 210 g/mol. The van der Waals surface area contributed by atoms with E-state index in [-0.39, 0.29) is 0 Å². The molecule has 1 aromatic rings. The van der Waals surface area contributed by atoms with Crippen molar-refractivity contribution in [3.05, 3.63) is 24.3 Å². The van der Waals surface area contributed by atoms with Gasteiger partial charge in [0.25, 0.3) is 0 Å². The van der Waals surface area contributed by atoms with Gasteiger partial charge in [0.2, 0.25) is 0 Å². The van der Waals surface area contributed by atoms with Crippen molar-refractivity contribution in [1.82, 2.24) is 4.90 Å². The molecule has 1 fully saturated rings. The number of likely N-dealkylation sites (tertiary alicyclic amines) is 1. The van der Waals surface area contributed by atoms with Gasteiger partial charge in [0, 0.05) is 19.1 Å². The van der Waals surface area contributed by atoms with Crippen molar-refractivity contribution in [3.8, 4) is 0 Å². The van der Waals surface area contributed by atoms with E-state index in [1.807, 2.05) is 18.2 Å². The van der Waals surface area contributed by atoms with Gasteiger partial charge in [0.1, 0.15) is 0 Å². The average Bonchev–Trinajstić information content (AvgIpc) is 2.76. The maximum Gasteiger partial charge on any atom is 0.0853 e. The highest BCUT2D eigenvalue weighted by Gasteiger charge is 2.18. The van der Waals surface area contributed by atoms with E-state index < -0.39 is 0 Å².